The SMILES string of the molecule is CCc1ccc(C[C@@]2(C)Cc3cc(C(=O)N(CC(=O)O)Cc4cccc(Cl)c4Cl)ccc3O2)cc1. The van der Waals surface area contributed by atoms with Crippen LogP contribution in [-0.2, 0) is 30.6 Å². The molecule has 3 aromatic carbocycles. The van der Waals surface area contributed by atoms with Crippen molar-refractivity contribution < 1.29 is 19.4 Å². The summed E-state index contributed by atoms with van der Waals surface area (Å²) in [5.74, 6) is -0.755. The number of hydrogen-bond acceptors (Lipinski definition) is 3. The predicted molar refractivity (Wildman–Crippen MR) is 138 cm³/mol. The maximum atomic E-state index is 13.3. The molecule has 7 heteroatoms. The van der Waals surface area contributed by atoms with Crippen molar-refractivity contribution in [2.24, 2.45) is 0 Å². The molecule has 0 fully saturated rings. The van der Waals surface area contributed by atoms with Gasteiger partial charge in [0.2, 0.25) is 0 Å². The molecular formula is C28H27Cl2NO4. The van der Waals surface area contributed by atoms with Crippen molar-refractivity contribution in [3.8, 4) is 5.75 Å². The molecule has 3 aromatic rings. The molecule has 1 aliphatic rings. The number of halogens is 2. The molecule has 0 aromatic heterocycles. The fraction of sp³-hybridized carbons (Fsp3) is 0.286. The van der Waals surface area contributed by atoms with Crippen LogP contribution in [0.25, 0.3) is 0 Å². The standard InChI is InChI=1S/C28H27Cl2NO4/c1-3-18-7-9-19(10-8-18)14-28(2)15-22-13-20(11-12-24(22)35-28)27(34)31(17-25(32)33)16-21-5-4-6-23(29)26(21)30/h4-13H,3,14-17H2,1-2H3,(H,32,33)/t28-/m0/s1. The lowest BCUT2D eigenvalue weighted by atomic mass is 9.91. The van der Waals surface area contributed by atoms with E-state index in [2.05, 4.69) is 38.1 Å². The molecule has 4 rings (SSSR count). The number of rotatable bonds is 8. The van der Waals surface area contributed by atoms with Crippen molar-refractivity contribution >= 4 is 35.1 Å². The normalized spacial score (nSPS) is 16.5. The summed E-state index contributed by atoms with van der Waals surface area (Å²) >= 11 is 12.4. The predicted octanol–water partition coefficient (Wildman–Crippen LogP) is 6.22. The van der Waals surface area contributed by atoms with Crippen molar-refractivity contribution in [3.63, 3.8) is 0 Å². The largest absolute Gasteiger partial charge is 0.487 e. The maximum absolute atomic E-state index is 13.3. The third-order valence-electron chi connectivity index (χ3n) is 6.24. The number of amides is 1. The molecule has 0 radical (unpaired) electrons. The zero-order valence-corrected chi connectivity index (χ0v) is 21.2. The first kappa shape index (κ1) is 25.1. The highest BCUT2D eigenvalue weighted by Gasteiger charge is 2.35. The van der Waals surface area contributed by atoms with Gasteiger partial charge in [-0.2, -0.15) is 0 Å². The molecule has 1 atom stereocenters. The van der Waals surface area contributed by atoms with E-state index in [-0.39, 0.29) is 6.54 Å². The number of nitrogens with zero attached hydrogens (tertiary/aromatic N) is 1. The molecule has 1 heterocycles. The van der Waals surface area contributed by atoms with E-state index in [0.717, 1.165) is 24.2 Å². The number of hydrogen-bond donors (Lipinski definition) is 1. The lowest BCUT2D eigenvalue weighted by Crippen LogP contribution is -2.35. The van der Waals surface area contributed by atoms with Crippen LogP contribution in [-0.4, -0.2) is 34.0 Å². The summed E-state index contributed by atoms with van der Waals surface area (Å²) in [6.07, 6.45) is 2.39. The fourth-order valence-electron chi connectivity index (χ4n) is 4.50. The molecule has 35 heavy (non-hydrogen) atoms. The lowest BCUT2D eigenvalue weighted by molar-refractivity contribution is -0.137. The van der Waals surface area contributed by atoms with E-state index in [0.29, 0.717) is 27.6 Å². The van der Waals surface area contributed by atoms with Gasteiger partial charge in [0.05, 0.1) is 10.0 Å². The number of carboxylic acids is 1. The quantitative estimate of drug-likeness (QED) is 0.389. The summed E-state index contributed by atoms with van der Waals surface area (Å²) in [6.45, 7) is 3.78. The highest BCUT2D eigenvalue weighted by Crippen LogP contribution is 2.38. The summed E-state index contributed by atoms with van der Waals surface area (Å²) in [5, 5.41) is 10.1. The van der Waals surface area contributed by atoms with Crippen LogP contribution in [0.5, 0.6) is 5.75 Å². The molecule has 0 bridgehead atoms. The van der Waals surface area contributed by atoms with Gasteiger partial charge in [-0.05, 0) is 59.9 Å². The van der Waals surface area contributed by atoms with Gasteiger partial charge in [-0.1, -0.05) is 66.5 Å². The number of carboxylic acid groups (broad SMARTS) is 1. The molecule has 0 aliphatic carbocycles. The molecule has 0 spiro atoms. The Morgan fingerprint density at radius 3 is 2.46 bits per heavy atom. The first-order valence-corrected chi connectivity index (χ1v) is 12.3. The summed E-state index contributed by atoms with van der Waals surface area (Å²) in [5.41, 5.74) is 3.98. The van der Waals surface area contributed by atoms with Crippen molar-refractivity contribution in [3.05, 3.63) is 98.5 Å². The minimum atomic E-state index is -1.11. The Morgan fingerprint density at radius 1 is 1.06 bits per heavy atom. The molecule has 1 amide bonds. The summed E-state index contributed by atoms with van der Waals surface area (Å²) in [7, 11) is 0. The van der Waals surface area contributed by atoms with Crippen LogP contribution in [0.1, 0.15) is 46.5 Å². The Labute approximate surface area is 215 Å². The Kier molecular flexibility index (Phi) is 7.39. The Balaban J connectivity index is 1.53. The lowest BCUT2D eigenvalue weighted by Gasteiger charge is -2.24. The average molecular weight is 512 g/mol. The second-order valence-electron chi connectivity index (χ2n) is 9.17. The van der Waals surface area contributed by atoms with Crippen molar-refractivity contribution in [1.29, 1.82) is 0 Å². The van der Waals surface area contributed by atoms with Crippen LogP contribution >= 0.6 is 23.2 Å². The summed E-state index contributed by atoms with van der Waals surface area (Å²) < 4.78 is 6.29. The maximum Gasteiger partial charge on any atom is 0.323 e. The number of aryl methyl sites for hydroxylation is 1. The number of fused-ring (bicyclic) bond motifs is 1. The molecule has 1 aliphatic heterocycles. The van der Waals surface area contributed by atoms with Crippen LogP contribution < -0.4 is 4.74 Å². The van der Waals surface area contributed by atoms with Gasteiger partial charge >= 0.3 is 5.97 Å². The highest BCUT2D eigenvalue weighted by molar-refractivity contribution is 6.42. The van der Waals surface area contributed by atoms with Crippen LogP contribution in [0, 0.1) is 0 Å². The fourth-order valence-corrected chi connectivity index (χ4v) is 4.88. The Bertz CT molecular complexity index is 1260. The monoisotopic (exact) mass is 511 g/mol. The van der Waals surface area contributed by atoms with Crippen LogP contribution in [0.4, 0.5) is 0 Å². The van der Waals surface area contributed by atoms with E-state index in [4.69, 9.17) is 27.9 Å². The van der Waals surface area contributed by atoms with E-state index in [9.17, 15) is 14.7 Å². The smallest absolute Gasteiger partial charge is 0.323 e. The second-order valence-corrected chi connectivity index (χ2v) is 9.95. The van der Waals surface area contributed by atoms with Gasteiger partial charge in [-0.15, -0.1) is 0 Å². The zero-order chi connectivity index (χ0) is 25.2. The van der Waals surface area contributed by atoms with E-state index < -0.39 is 24.0 Å². The first-order chi connectivity index (χ1) is 16.7. The van der Waals surface area contributed by atoms with Gasteiger partial charge in [0, 0.05) is 24.9 Å². The van der Waals surface area contributed by atoms with E-state index in [1.807, 2.05) is 0 Å². The minimum absolute atomic E-state index is 0.0313. The highest BCUT2D eigenvalue weighted by atomic mass is 35.5. The topological polar surface area (TPSA) is 66.8 Å². The average Bonchev–Trinajstić information content (AvgIpc) is 3.16. The van der Waals surface area contributed by atoms with Crippen molar-refractivity contribution in [2.75, 3.05) is 6.54 Å². The third kappa shape index (κ3) is 5.80. The minimum Gasteiger partial charge on any atom is -0.487 e. The van der Waals surface area contributed by atoms with Crippen LogP contribution in [0.15, 0.2) is 60.7 Å². The Hall–Kier alpha value is -3.02. The molecular weight excluding hydrogens is 485 g/mol. The summed E-state index contributed by atoms with van der Waals surface area (Å²) in [4.78, 5) is 26.1. The van der Waals surface area contributed by atoms with Gasteiger partial charge in [0.25, 0.3) is 5.91 Å². The molecule has 5 nitrogen and oxygen atoms in total. The van der Waals surface area contributed by atoms with Gasteiger partial charge in [0.1, 0.15) is 17.9 Å². The van der Waals surface area contributed by atoms with Gasteiger partial charge in [-0.3, -0.25) is 9.59 Å². The summed E-state index contributed by atoms with van der Waals surface area (Å²) in [6, 6.07) is 18.9. The van der Waals surface area contributed by atoms with Gasteiger partial charge in [0.15, 0.2) is 0 Å². The number of carbonyl (C=O) groups excluding carboxylic acids is 1. The van der Waals surface area contributed by atoms with Gasteiger partial charge in [-0.25, -0.2) is 0 Å². The van der Waals surface area contributed by atoms with Crippen molar-refractivity contribution in [1.82, 2.24) is 4.90 Å². The Morgan fingerprint density at radius 2 is 1.77 bits per heavy atom. The molecule has 0 saturated carbocycles. The number of ether oxygens (including phenoxy) is 1. The number of benzene rings is 3. The van der Waals surface area contributed by atoms with Crippen molar-refractivity contribution in [2.45, 2.75) is 45.3 Å². The molecule has 182 valence electrons. The zero-order valence-electron chi connectivity index (χ0n) is 19.7. The molecule has 0 saturated heterocycles. The second kappa shape index (κ2) is 10.3. The van der Waals surface area contributed by atoms with Gasteiger partial charge < -0.3 is 14.7 Å². The van der Waals surface area contributed by atoms with E-state index in [1.165, 1.54) is 16.0 Å². The molecule has 1 N–H and O–H groups in total. The third-order valence-corrected chi connectivity index (χ3v) is 7.10. The van der Waals surface area contributed by atoms with E-state index in [1.54, 1.807) is 36.4 Å². The van der Waals surface area contributed by atoms with Crippen LogP contribution in [0.3, 0.4) is 0 Å². The van der Waals surface area contributed by atoms with Crippen LogP contribution in [0.2, 0.25) is 10.0 Å². The van der Waals surface area contributed by atoms with E-state index >= 15 is 0 Å². The first-order valence-electron chi connectivity index (χ1n) is 11.5. The number of carbonyl (C=O) groups is 2. The molecule has 0 unspecified atom stereocenters. The number of aliphatic carboxylic acids is 1.